The number of aromatic nitrogens is 1. The summed E-state index contributed by atoms with van der Waals surface area (Å²) in [6, 6.07) is 6.39. The number of amides is 1. The number of benzene rings is 1. The number of hydrogen-bond acceptors (Lipinski definition) is 5. The highest BCUT2D eigenvalue weighted by Gasteiger charge is 2.39. The van der Waals surface area contributed by atoms with Crippen molar-refractivity contribution in [3.8, 4) is 0 Å². The van der Waals surface area contributed by atoms with Gasteiger partial charge >= 0.3 is 0 Å². The minimum Gasteiger partial charge on any atom is -0.361 e. The van der Waals surface area contributed by atoms with Crippen LogP contribution in [-0.4, -0.2) is 30.3 Å². The van der Waals surface area contributed by atoms with E-state index in [1.54, 1.807) is 31.2 Å². The lowest BCUT2D eigenvalue weighted by Gasteiger charge is -2.24. The summed E-state index contributed by atoms with van der Waals surface area (Å²) < 4.78 is 33.2. The van der Waals surface area contributed by atoms with E-state index in [0.29, 0.717) is 30.1 Å². The summed E-state index contributed by atoms with van der Waals surface area (Å²) in [4.78, 5) is 11.6. The van der Waals surface area contributed by atoms with Crippen LogP contribution in [0.2, 0.25) is 0 Å². The van der Waals surface area contributed by atoms with E-state index in [1.165, 1.54) is 11.2 Å². The molecule has 0 bridgehead atoms. The van der Waals surface area contributed by atoms with E-state index in [1.807, 2.05) is 6.92 Å². The van der Waals surface area contributed by atoms with Crippen LogP contribution in [0, 0.1) is 13.8 Å². The van der Waals surface area contributed by atoms with E-state index in [0.717, 1.165) is 12.0 Å². The van der Waals surface area contributed by atoms with Crippen molar-refractivity contribution in [1.29, 1.82) is 0 Å². The molecule has 1 aliphatic heterocycles. The normalized spacial score (nSPS) is 18.4. The van der Waals surface area contributed by atoms with Gasteiger partial charge < -0.3 is 9.84 Å². The van der Waals surface area contributed by atoms with Crippen molar-refractivity contribution >= 4 is 21.6 Å². The van der Waals surface area contributed by atoms with Crippen molar-refractivity contribution in [2.45, 2.75) is 44.6 Å². The number of nitrogens with zero attached hydrogens (tertiary/aromatic N) is 2. The van der Waals surface area contributed by atoms with Crippen LogP contribution in [0.5, 0.6) is 0 Å². The standard InChI is InChI=1S/C17H21N3O4S/c1-11-6-7-14(18-13(3)21)17(9-11)25(22,23)20-8-4-5-16(20)15-10-12(2)24-19-15/h6-7,9-10,16H,4-5,8H2,1-3H3,(H,18,21)/t16-/m0/s1. The highest BCUT2D eigenvalue weighted by Crippen LogP contribution is 2.38. The Labute approximate surface area is 147 Å². The first-order valence-electron chi connectivity index (χ1n) is 8.12. The lowest BCUT2D eigenvalue weighted by molar-refractivity contribution is -0.114. The van der Waals surface area contributed by atoms with Crippen LogP contribution >= 0.6 is 0 Å². The van der Waals surface area contributed by atoms with Crippen molar-refractivity contribution in [3.05, 3.63) is 41.3 Å². The molecule has 0 saturated carbocycles. The smallest absolute Gasteiger partial charge is 0.245 e. The molecule has 2 aromatic rings. The summed E-state index contributed by atoms with van der Waals surface area (Å²) in [5, 5.41) is 6.60. The zero-order valence-electron chi connectivity index (χ0n) is 14.4. The van der Waals surface area contributed by atoms with Gasteiger partial charge in [0.2, 0.25) is 15.9 Å². The van der Waals surface area contributed by atoms with Gasteiger partial charge in [-0.2, -0.15) is 4.31 Å². The van der Waals surface area contributed by atoms with Crippen molar-refractivity contribution < 1.29 is 17.7 Å². The number of carbonyl (C=O) groups excluding carboxylic acids is 1. The van der Waals surface area contributed by atoms with E-state index in [-0.39, 0.29) is 16.8 Å². The molecule has 3 rings (SSSR count). The van der Waals surface area contributed by atoms with Crippen LogP contribution in [0.25, 0.3) is 0 Å². The first kappa shape index (κ1) is 17.6. The second-order valence-electron chi connectivity index (χ2n) is 6.32. The van der Waals surface area contributed by atoms with E-state index in [4.69, 9.17) is 4.52 Å². The second-order valence-corrected chi connectivity index (χ2v) is 8.18. The summed E-state index contributed by atoms with van der Waals surface area (Å²) in [7, 11) is -3.79. The molecule has 1 atom stereocenters. The third-order valence-electron chi connectivity index (χ3n) is 4.23. The van der Waals surface area contributed by atoms with Crippen LogP contribution in [-0.2, 0) is 14.8 Å². The fourth-order valence-corrected chi connectivity index (χ4v) is 5.03. The Balaban J connectivity index is 2.04. The molecule has 1 amide bonds. The lowest BCUT2D eigenvalue weighted by atomic mass is 10.1. The Morgan fingerprint density at radius 1 is 1.32 bits per heavy atom. The van der Waals surface area contributed by atoms with E-state index in [9.17, 15) is 13.2 Å². The molecule has 1 saturated heterocycles. The maximum absolute atomic E-state index is 13.3. The van der Waals surface area contributed by atoms with Crippen LogP contribution in [0.3, 0.4) is 0 Å². The monoisotopic (exact) mass is 363 g/mol. The zero-order valence-corrected chi connectivity index (χ0v) is 15.3. The van der Waals surface area contributed by atoms with Crippen molar-refractivity contribution in [1.82, 2.24) is 9.46 Å². The first-order chi connectivity index (χ1) is 11.8. The first-order valence-corrected chi connectivity index (χ1v) is 9.56. The van der Waals surface area contributed by atoms with Crippen LogP contribution in [0.1, 0.15) is 42.8 Å². The molecular formula is C17H21N3O4S. The number of hydrogen-bond donors (Lipinski definition) is 1. The van der Waals surface area contributed by atoms with Gasteiger partial charge in [-0.1, -0.05) is 11.2 Å². The highest BCUT2D eigenvalue weighted by molar-refractivity contribution is 7.89. The molecule has 25 heavy (non-hydrogen) atoms. The molecule has 0 spiro atoms. The van der Waals surface area contributed by atoms with Crippen LogP contribution in [0.4, 0.5) is 5.69 Å². The number of nitrogens with one attached hydrogen (secondary N) is 1. The minimum atomic E-state index is -3.79. The third kappa shape index (κ3) is 3.45. The Hall–Kier alpha value is -2.19. The summed E-state index contributed by atoms with van der Waals surface area (Å²) in [6.45, 7) is 5.36. The van der Waals surface area contributed by atoms with Gasteiger partial charge in [0.25, 0.3) is 0 Å². The quantitative estimate of drug-likeness (QED) is 0.902. The van der Waals surface area contributed by atoms with Gasteiger partial charge in [0.1, 0.15) is 16.3 Å². The number of anilines is 1. The third-order valence-corrected chi connectivity index (χ3v) is 6.17. The van der Waals surface area contributed by atoms with Gasteiger partial charge in [-0.25, -0.2) is 8.42 Å². The lowest BCUT2D eigenvalue weighted by Crippen LogP contribution is -2.31. The maximum Gasteiger partial charge on any atom is 0.245 e. The summed E-state index contributed by atoms with van der Waals surface area (Å²) in [5.74, 6) is 0.333. The number of carbonyl (C=O) groups is 1. The summed E-state index contributed by atoms with van der Waals surface area (Å²) in [5.41, 5.74) is 1.72. The van der Waals surface area contributed by atoms with Gasteiger partial charge in [0.05, 0.1) is 11.7 Å². The molecule has 1 N–H and O–H groups in total. The van der Waals surface area contributed by atoms with Crippen molar-refractivity contribution in [3.63, 3.8) is 0 Å². The molecule has 7 nitrogen and oxygen atoms in total. The van der Waals surface area contributed by atoms with Gasteiger partial charge in [-0.15, -0.1) is 0 Å². The van der Waals surface area contributed by atoms with Gasteiger partial charge in [-0.05, 0) is 44.4 Å². The Kier molecular flexibility index (Phi) is 4.66. The van der Waals surface area contributed by atoms with Crippen LogP contribution < -0.4 is 5.32 Å². The summed E-state index contributed by atoms with van der Waals surface area (Å²) >= 11 is 0. The molecule has 8 heteroatoms. The average molecular weight is 363 g/mol. The fraction of sp³-hybridized carbons (Fsp3) is 0.412. The average Bonchev–Trinajstić information content (AvgIpc) is 3.17. The molecule has 1 aromatic carbocycles. The predicted molar refractivity (Wildman–Crippen MR) is 92.6 cm³/mol. The molecule has 1 aromatic heterocycles. The van der Waals surface area contributed by atoms with Crippen LogP contribution in [0.15, 0.2) is 33.7 Å². The Morgan fingerprint density at radius 3 is 2.72 bits per heavy atom. The minimum absolute atomic E-state index is 0.106. The SMILES string of the molecule is CC(=O)Nc1ccc(C)cc1S(=O)(=O)N1CCC[C@H]1c1cc(C)on1. The fourth-order valence-electron chi connectivity index (χ4n) is 3.13. The maximum atomic E-state index is 13.3. The largest absolute Gasteiger partial charge is 0.361 e. The molecular weight excluding hydrogens is 342 g/mol. The predicted octanol–water partition coefficient (Wildman–Crippen LogP) is 2.78. The van der Waals surface area contributed by atoms with Crippen molar-refractivity contribution in [2.75, 3.05) is 11.9 Å². The van der Waals surface area contributed by atoms with Gasteiger partial charge in [-0.3, -0.25) is 4.79 Å². The number of sulfonamides is 1. The second kappa shape index (κ2) is 6.61. The van der Waals surface area contributed by atoms with Gasteiger partial charge in [0, 0.05) is 19.5 Å². The molecule has 0 radical (unpaired) electrons. The van der Waals surface area contributed by atoms with Crippen molar-refractivity contribution in [2.24, 2.45) is 0 Å². The Bertz CT molecular complexity index is 904. The molecule has 1 aliphatic rings. The molecule has 134 valence electrons. The summed E-state index contributed by atoms with van der Waals surface area (Å²) in [6.07, 6.45) is 1.43. The van der Waals surface area contributed by atoms with E-state index < -0.39 is 10.0 Å². The number of aryl methyl sites for hydroxylation is 2. The molecule has 0 unspecified atom stereocenters. The van der Waals surface area contributed by atoms with E-state index >= 15 is 0 Å². The van der Waals surface area contributed by atoms with Gasteiger partial charge in [0.15, 0.2) is 0 Å². The molecule has 2 heterocycles. The topological polar surface area (TPSA) is 92.5 Å². The number of rotatable bonds is 4. The molecule has 1 fully saturated rings. The van der Waals surface area contributed by atoms with E-state index in [2.05, 4.69) is 10.5 Å². The zero-order chi connectivity index (χ0) is 18.2. The highest BCUT2D eigenvalue weighted by atomic mass is 32.2. The Morgan fingerprint density at radius 2 is 2.08 bits per heavy atom. The molecule has 0 aliphatic carbocycles.